The van der Waals surface area contributed by atoms with Gasteiger partial charge in [0.1, 0.15) is 17.3 Å². The van der Waals surface area contributed by atoms with Crippen molar-refractivity contribution in [3.05, 3.63) is 89.0 Å². The number of ether oxygens (including phenoxy) is 2. The second kappa shape index (κ2) is 10.3. The molecule has 1 aliphatic heterocycles. The first-order valence-electron chi connectivity index (χ1n) is 12.4. The average Bonchev–Trinajstić information content (AvgIpc) is 3.46. The standard InChI is InChI=1S/C30H28N2O5S/c1-5-37-22-14-15-23-24(16-22)38-30(31-23)32-26(19-8-6-18(7-9-19)17(2)3)25(28(34)29(32)35)27(33)20-10-12-21(36-4)13-11-20/h6-17,26,33H,5H2,1-4H3. The minimum absolute atomic E-state index is 0.0201. The third kappa shape index (κ3) is 4.52. The minimum atomic E-state index is -0.842. The summed E-state index contributed by atoms with van der Waals surface area (Å²) < 4.78 is 11.7. The number of fused-ring (bicyclic) bond motifs is 1. The van der Waals surface area contributed by atoms with Gasteiger partial charge >= 0.3 is 5.91 Å². The van der Waals surface area contributed by atoms with Crippen LogP contribution in [0.25, 0.3) is 16.0 Å². The van der Waals surface area contributed by atoms with E-state index in [1.165, 1.54) is 16.2 Å². The van der Waals surface area contributed by atoms with Gasteiger partial charge in [0.2, 0.25) is 0 Å². The lowest BCUT2D eigenvalue weighted by Gasteiger charge is -2.23. The van der Waals surface area contributed by atoms with E-state index in [1.54, 1.807) is 31.4 Å². The second-order valence-electron chi connectivity index (χ2n) is 9.28. The van der Waals surface area contributed by atoms with Gasteiger partial charge in [-0.05, 0) is 66.4 Å². The summed E-state index contributed by atoms with van der Waals surface area (Å²) in [4.78, 5) is 33.1. The lowest BCUT2D eigenvalue weighted by Crippen LogP contribution is -2.29. The molecule has 194 valence electrons. The summed E-state index contributed by atoms with van der Waals surface area (Å²) in [6.45, 7) is 6.64. The van der Waals surface area contributed by atoms with Gasteiger partial charge in [-0.15, -0.1) is 0 Å². The van der Waals surface area contributed by atoms with Crippen LogP contribution in [0.5, 0.6) is 11.5 Å². The van der Waals surface area contributed by atoms with Gasteiger partial charge in [0.25, 0.3) is 5.78 Å². The number of carbonyl (C=O) groups is 2. The fourth-order valence-corrected chi connectivity index (χ4v) is 5.59. The molecular weight excluding hydrogens is 500 g/mol. The van der Waals surface area contributed by atoms with Gasteiger partial charge in [0.05, 0.1) is 35.5 Å². The molecule has 1 atom stereocenters. The Morgan fingerprint density at radius 1 is 1.03 bits per heavy atom. The van der Waals surface area contributed by atoms with Gasteiger partial charge in [-0.1, -0.05) is 49.4 Å². The first-order valence-corrected chi connectivity index (χ1v) is 13.2. The van der Waals surface area contributed by atoms with Crippen LogP contribution in [0.2, 0.25) is 0 Å². The van der Waals surface area contributed by atoms with Crippen molar-refractivity contribution in [1.29, 1.82) is 0 Å². The number of hydrogen-bond donors (Lipinski definition) is 1. The number of benzene rings is 3. The minimum Gasteiger partial charge on any atom is -0.507 e. The highest BCUT2D eigenvalue weighted by atomic mass is 32.1. The maximum atomic E-state index is 13.5. The van der Waals surface area contributed by atoms with Crippen molar-refractivity contribution >= 4 is 44.1 Å². The van der Waals surface area contributed by atoms with Gasteiger partial charge in [-0.3, -0.25) is 14.5 Å². The molecule has 0 spiro atoms. The number of methoxy groups -OCH3 is 1. The van der Waals surface area contributed by atoms with Gasteiger partial charge < -0.3 is 14.6 Å². The lowest BCUT2D eigenvalue weighted by atomic mass is 9.93. The number of aliphatic hydroxyl groups excluding tert-OH is 1. The van der Waals surface area contributed by atoms with E-state index >= 15 is 0 Å². The van der Waals surface area contributed by atoms with E-state index in [1.807, 2.05) is 49.4 Å². The summed E-state index contributed by atoms with van der Waals surface area (Å²) in [6, 6.07) is 19.2. The highest BCUT2D eigenvalue weighted by Crippen LogP contribution is 2.45. The number of nitrogens with zero attached hydrogens (tertiary/aromatic N) is 2. The van der Waals surface area contributed by atoms with Crippen LogP contribution in [0, 0.1) is 0 Å². The number of ketones is 1. The molecule has 0 saturated carbocycles. The molecule has 4 aromatic rings. The molecule has 1 aliphatic rings. The molecule has 1 aromatic heterocycles. The summed E-state index contributed by atoms with van der Waals surface area (Å²) in [6.07, 6.45) is 0. The maximum absolute atomic E-state index is 13.5. The molecule has 5 rings (SSSR count). The molecule has 2 heterocycles. The number of hydrogen-bond acceptors (Lipinski definition) is 7. The van der Waals surface area contributed by atoms with Crippen molar-refractivity contribution in [2.45, 2.75) is 32.7 Å². The van der Waals surface area contributed by atoms with E-state index in [0.29, 0.717) is 45.8 Å². The number of Topliss-reactive ketones (excluding diaryl/α,β-unsaturated/α-hetero) is 1. The molecule has 0 radical (unpaired) electrons. The molecular formula is C30H28N2O5S. The van der Waals surface area contributed by atoms with Crippen LogP contribution in [0.15, 0.2) is 72.3 Å². The SMILES string of the molecule is CCOc1ccc2nc(N3C(=O)C(=O)C(=C(O)c4ccc(OC)cc4)C3c3ccc(C(C)C)cc3)sc2c1. The molecule has 1 saturated heterocycles. The molecule has 8 heteroatoms. The highest BCUT2D eigenvalue weighted by Gasteiger charge is 2.48. The molecule has 3 aromatic carbocycles. The number of rotatable bonds is 7. The summed E-state index contributed by atoms with van der Waals surface area (Å²) in [5.41, 5.74) is 2.96. The number of thiazole rings is 1. The molecule has 38 heavy (non-hydrogen) atoms. The molecule has 7 nitrogen and oxygen atoms in total. The Morgan fingerprint density at radius 3 is 2.34 bits per heavy atom. The van der Waals surface area contributed by atoms with Crippen molar-refractivity contribution in [2.75, 3.05) is 18.6 Å². The Hall–Kier alpha value is -4.17. The summed E-state index contributed by atoms with van der Waals surface area (Å²) >= 11 is 1.30. The quantitative estimate of drug-likeness (QED) is 0.168. The summed E-state index contributed by atoms with van der Waals surface area (Å²) in [5, 5.41) is 11.7. The predicted octanol–water partition coefficient (Wildman–Crippen LogP) is 6.45. The Labute approximate surface area is 225 Å². The van der Waals surface area contributed by atoms with Gasteiger partial charge in [-0.2, -0.15) is 0 Å². The number of anilines is 1. The Balaban J connectivity index is 1.67. The van der Waals surface area contributed by atoms with Crippen LogP contribution in [0.3, 0.4) is 0 Å². The van der Waals surface area contributed by atoms with Crippen LogP contribution in [-0.4, -0.2) is 35.5 Å². The van der Waals surface area contributed by atoms with Crippen LogP contribution in [0.1, 0.15) is 49.4 Å². The first kappa shape index (κ1) is 25.5. The fourth-order valence-electron chi connectivity index (χ4n) is 4.57. The van der Waals surface area contributed by atoms with E-state index in [9.17, 15) is 14.7 Å². The summed E-state index contributed by atoms with van der Waals surface area (Å²) in [5.74, 6) is -0.0985. The van der Waals surface area contributed by atoms with Crippen LogP contribution < -0.4 is 14.4 Å². The topological polar surface area (TPSA) is 89.0 Å². The Kier molecular flexibility index (Phi) is 6.91. The van der Waals surface area contributed by atoms with E-state index < -0.39 is 17.7 Å². The predicted molar refractivity (Wildman–Crippen MR) is 149 cm³/mol. The maximum Gasteiger partial charge on any atom is 0.301 e. The molecule has 0 aliphatic carbocycles. The van der Waals surface area contributed by atoms with Crippen LogP contribution in [0.4, 0.5) is 5.13 Å². The van der Waals surface area contributed by atoms with Crippen molar-refractivity contribution in [1.82, 2.24) is 4.98 Å². The zero-order valence-corrected chi connectivity index (χ0v) is 22.4. The van der Waals surface area contributed by atoms with Gasteiger partial charge in [-0.25, -0.2) is 4.98 Å². The third-order valence-electron chi connectivity index (χ3n) is 6.59. The van der Waals surface area contributed by atoms with Gasteiger partial charge in [0.15, 0.2) is 5.13 Å². The van der Waals surface area contributed by atoms with Crippen molar-refractivity contribution in [3.63, 3.8) is 0 Å². The van der Waals surface area contributed by atoms with Gasteiger partial charge in [0, 0.05) is 5.56 Å². The largest absolute Gasteiger partial charge is 0.507 e. The molecule has 1 N–H and O–H groups in total. The zero-order chi connectivity index (χ0) is 27.0. The molecule has 1 amide bonds. The number of carbonyl (C=O) groups excluding carboxylic acids is 2. The number of aromatic nitrogens is 1. The zero-order valence-electron chi connectivity index (χ0n) is 21.6. The number of amides is 1. The van der Waals surface area contributed by atoms with E-state index in [2.05, 4.69) is 18.8 Å². The first-order chi connectivity index (χ1) is 18.3. The smallest absolute Gasteiger partial charge is 0.301 e. The number of aliphatic hydroxyl groups is 1. The fraction of sp³-hybridized carbons (Fsp3) is 0.233. The van der Waals surface area contributed by atoms with Crippen molar-refractivity contribution < 1.29 is 24.2 Å². The van der Waals surface area contributed by atoms with E-state index in [-0.39, 0.29) is 11.3 Å². The summed E-state index contributed by atoms with van der Waals surface area (Å²) in [7, 11) is 1.55. The van der Waals surface area contributed by atoms with Crippen molar-refractivity contribution in [2.24, 2.45) is 0 Å². The normalized spacial score (nSPS) is 17.0. The lowest BCUT2D eigenvalue weighted by molar-refractivity contribution is -0.132. The third-order valence-corrected chi connectivity index (χ3v) is 7.61. The van der Waals surface area contributed by atoms with Crippen LogP contribution >= 0.6 is 11.3 Å². The average molecular weight is 529 g/mol. The van der Waals surface area contributed by atoms with E-state index in [0.717, 1.165) is 10.3 Å². The molecule has 0 bridgehead atoms. The van der Waals surface area contributed by atoms with E-state index in [4.69, 9.17) is 9.47 Å². The Morgan fingerprint density at radius 2 is 1.71 bits per heavy atom. The molecule has 1 unspecified atom stereocenters. The highest BCUT2D eigenvalue weighted by molar-refractivity contribution is 7.22. The Bertz CT molecular complexity index is 1540. The van der Waals surface area contributed by atoms with Crippen LogP contribution in [-0.2, 0) is 9.59 Å². The second-order valence-corrected chi connectivity index (χ2v) is 10.3. The van der Waals surface area contributed by atoms with Crippen molar-refractivity contribution in [3.8, 4) is 11.5 Å². The molecule has 1 fully saturated rings. The monoisotopic (exact) mass is 528 g/mol.